The van der Waals surface area contributed by atoms with Crippen LogP contribution in [0.25, 0.3) is 0 Å². The third-order valence-corrected chi connectivity index (χ3v) is 2.33. The molecule has 0 bridgehead atoms. The van der Waals surface area contributed by atoms with Gasteiger partial charge in [-0.15, -0.1) is 5.10 Å². The summed E-state index contributed by atoms with van der Waals surface area (Å²) in [5, 5.41) is 17.3. The fraction of sp³-hybridized carbons (Fsp3) is 0.778. The minimum Gasteiger partial charge on any atom is -0.387 e. The highest BCUT2D eigenvalue weighted by molar-refractivity contribution is 4.99. The zero-order valence-corrected chi connectivity index (χ0v) is 9.06. The molecule has 5 heteroatoms. The van der Waals surface area contributed by atoms with Gasteiger partial charge in [0.25, 0.3) is 0 Å². The van der Waals surface area contributed by atoms with Crippen molar-refractivity contribution in [1.82, 2.24) is 15.0 Å². The largest absolute Gasteiger partial charge is 0.387 e. The zero-order chi connectivity index (χ0) is 10.8. The lowest BCUT2D eigenvalue weighted by Gasteiger charge is -2.25. The van der Waals surface area contributed by atoms with Crippen LogP contribution in [0.5, 0.6) is 0 Å². The molecule has 14 heavy (non-hydrogen) atoms. The molecule has 1 rings (SSSR count). The first-order valence-corrected chi connectivity index (χ1v) is 4.54. The van der Waals surface area contributed by atoms with Crippen molar-refractivity contribution in [3.8, 4) is 0 Å². The van der Waals surface area contributed by atoms with E-state index in [1.165, 1.54) is 0 Å². The van der Waals surface area contributed by atoms with Crippen LogP contribution in [-0.2, 0) is 11.8 Å². The summed E-state index contributed by atoms with van der Waals surface area (Å²) in [6.45, 7) is 3.86. The highest BCUT2D eigenvalue weighted by Crippen LogP contribution is 2.24. The fourth-order valence-corrected chi connectivity index (χ4v) is 1.25. The predicted octanol–water partition coefficient (Wildman–Crippen LogP) is 0.664. The van der Waals surface area contributed by atoms with Gasteiger partial charge in [0, 0.05) is 20.6 Å². The smallest absolute Gasteiger partial charge is 0.1000 e. The summed E-state index contributed by atoms with van der Waals surface area (Å²) in [5.74, 6) is 0. The van der Waals surface area contributed by atoms with E-state index in [1.807, 2.05) is 13.8 Å². The Labute approximate surface area is 83.7 Å². The second kappa shape index (κ2) is 4.06. The Bertz CT molecular complexity index is 296. The van der Waals surface area contributed by atoms with Gasteiger partial charge in [0.15, 0.2) is 0 Å². The van der Waals surface area contributed by atoms with E-state index in [2.05, 4.69) is 10.3 Å². The number of aromatic nitrogens is 3. The maximum atomic E-state index is 9.88. The van der Waals surface area contributed by atoms with Crippen molar-refractivity contribution in [3.05, 3.63) is 11.9 Å². The number of aliphatic hydroxyl groups excluding tert-OH is 1. The number of hydrogen-bond donors (Lipinski definition) is 1. The van der Waals surface area contributed by atoms with Gasteiger partial charge in [-0.05, 0) is 13.8 Å². The molecule has 0 aromatic carbocycles. The minimum absolute atomic E-state index is 0.344. The number of nitrogens with zero attached hydrogens (tertiary/aromatic N) is 3. The topological polar surface area (TPSA) is 60.2 Å². The van der Waals surface area contributed by atoms with Crippen LogP contribution >= 0.6 is 0 Å². The van der Waals surface area contributed by atoms with Crippen molar-refractivity contribution in [1.29, 1.82) is 0 Å². The Balaban J connectivity index is 2.68. The van der Waals surface area contributed by atoms with Crippen molar-refractivity contribution in [3.63, 3.8) is 0 Å². The molecule has 0 saturated carbocycles. The Morgan fingerprint density at radius 3 is 2.71 bits per heavy atom. The molecule has 1 atom stereocenters. The second-order valence-electron chi connectivity index (χ2n) is 3.97. The summed E-state index contributed by atoms with van der Waals surface area (Å²) in [4.78, 5) is 0. The first-order valence-electron chi connectivity index (χ1n) is 4.54. The average Bonchev–Trinajstić information content (AvgIpc) is 2.51. The van der Waals surface area contributed by atoms with Crippen LogP contribution in [-0.4, -0.2) is 32.8 Å². The molecule has 1 heterocycles. The standard InChI is InChI=1S/C9H17N3O2/c1-9(2,14-4)5-8(13)7-6-10-11-12(7)3/h6,8,13H,5H2,1-4H3. The van der Waals surface area contributed by atoms with Crippen LogP contribution in [0.3, 0.4) is 0 Å². The van der Waals surface area contributed by atoms with Gasteiger partial charge in [-0.2, -0.15) is 0 Å². The number of methoxy groups -OCH3 is 1. The van der Waals surface area contributed by atoms with Crippen molar-refractivity contribution >= 4 is 0 Å². The molecule has 1 aromatic rings. The molecule has 0 aliphatic carbocycles. The Hall–Kier alpha value is -0.940. The number of aryl methyl sites for hydroxylation is 1. The number of ether oxygens (including phenoxy) is 1. The molecule has 0 spiro atoms. The minimum atomic E-state index is -0.593. The quantitative estimate of drug-likeness (QED) is 0.774. The summed E-state index contributed by atoms with van der Waals surface area (Å²) < 4.78 is 6.80. The lowest BCUT2D eigenvalue weighted by atomic mass is 9.99. The van der Waals surface area contributed by atoms with E-state index in [-0.39, 0.29) is 5.60 Å². The summed E-state index contributed by atoms with van der Waals surface area (Å²) in [5.41, 5.74) is 0.360. The predicted molar refractivity (Wildman–Crippen MR) is 51.7 cm³/mol. The highest BCUT2D eigenvalue weighted by atomic mass is 16.5. The van der Waals surface area contributed by atoms with Gasteiger partial charge >= 0.3 is 0 Å². The van der Waals surface area contributed by atoms with Gasteiger partial charge in [0.05, 0.1) is 23.6 Å². The van der Waals surface area contributed by atoms with Crippen LogP contribution in [0.15, 0.2) is 6.20 Å². The molecule has 0 fully saturated rings. The molecule has 80 valence electrons. The molecule has 1 N–H and O–H groups in total. The maximum Gasteiger partial charge on any atom is 0.1000 e. The molecular formula is C9H17N3O2. The van der Waals surface area contributed by atoms with E-state index < -0.39 is 6.10 Å². The molecule has 0 aliphatic rings. The van der Waals surface area contributed by atoms with Crippen molar-refractivity contribution < 1.29 is 9.84 Å². The average molecular weight is 199 g/mol. The van der Waals surface area contributed by atoms with E-state index in [9.17, 15) is 5.11 Å². The van der Waals surface area contributed by atoms with Gasteiger partial charge in [-0.25, -0.2) is 4.68 Å². The third kappa shape index (κ3) is 2.52. The monoisotopic (exact) mass is 199 g/mol. The Kier molecular flexibility index (Phi) is 3.23. The molecule has 0 aliphatic heterocycles. The van der Waals surface area contributed by atoms with E-state index in [4.69, 9.17) is 4.74 Å². The Morgan fingerprint density at radius 1 is 1.64 bits per heavy atom. The van der Waals surface area contributed by atoms with Gasteiger partial charge in [-0.3, -0.25) is 0 Å². The van der Waals surface area contributed by atoms with E-state index in [1.54, 1.807) is 25.0 Å². The van der Waals surface area contributed by atoms with Crippen molar-refractivity contribution in [2.75, 3.05) is 7.11 Å². The maximum absolute atomic E-state index is 9.88. The van der Waals surface area contributed by atoms with Crippen molar-refractivity contribution in [2.24, 2.45) is 7.05 Å². The second-order valence-corrected chi connectivity index (χ2v) is 3.97. The van der Waals surface area contributed by atoms with Crippen LogP contribution in [0.4, 0.5) is 0 Å². The molecule has 1 aromatic heterocycles. The summed E-state index contributed by atoms with van der Waals surface area (Å²) >= 11 is 0. The van der Waals surface area contributed by atoms with Gasteiger partial charge in [0.1, 0.15) is 0 Å². The fourth-order valence-electron chi connectivity index (χ4n) is 1.25. The first-order chi connectivity index (χ1) is 6.46. The normalized spacial score (nSPS) is 14.4. The Morgan fingerprint density at radius 2 is 2.29 bits per heavy atom. The lowest BCUT2D eigenvalue weighted by Crippen LogP contribution is -2.26. The van der Waals surface area contributed by atoms with Crippen LogP contribution < -0.4 is 0 Å². The number of rotatable bonds is 4. The molecule has 0 saturated heterocycles. The third-order valence-electron chi connectivity index (χ3n) is 2.33. The molecular weight excluding hydrogens is 182 g/mol. The first kappa shape index (κ1) is 11.1. The summed E-state index contributed by atoms with van der Waals surface area (Å²) in [7, 11) is 3.39. The van der Waals surface area contributed by atoms with Gasteiger partial charge in [0.2, 0.25) is 0 Å². The molecule has 5 nitrogen and oxygen atoms in total. The molecule has 1 unspecified atom stereocenters. The van der Waals surface area contributed by atoms with E-state index >= 15 is 0 Å². The van der Waals surface area contributed by atoms with Gasteiger partial charge in [-0.1, -0.05) is 5.21 Å². The van der Waals surface area contributed by atoms with Crippen molar-refractivity contribution in [2.45, 2.75) is 32.0 Å². The highest BCUT2D eigenvalue weighted by Gasteiger charge is 2.24. The number of hydrogen-bond acceptors (Lipinski definition) is 4. The number of aliphatic hydroxyl groups is 1. The van der Waals surface area contributed by atoms with E-state index in [0.29, 0.717) is 12.1 Å². The van der Waals surface area contributed by atoms with Gasteiger partial charge < -0.3 is 9.84 Å². The SMILES string of the molecule is COC(C)(C)CC(O)c1cnnn1C. The van der Waals surface area contributed by atoms with Crippen LogP contribution in [0.2, 0.25) is 0 Å². The summed E-state index contributed by atoms with van der Waals surface area (Å²) in [6, 6.07) is 0. The van der Waals surface area contributed by atoms with E-state index in [0.717, 1.165) is 0 Å². The molecule has 0 amide bonds. The zero-order valence-electron chi connectivity index (χ0n) is 9.06. The van der Waals surface area contributed by atoms with Crippen LogP contribution in [0.1, 0.15) is 32.1 Å². The lowest BCUT2D eigenvalue weighted by molar-refractivity contribution is -0.0217. The van der Waals surface area contributed by atoms with Crippen LogP contribution in [0, 0.1) is 0 Å². The molecule has 0 radical (unpaired) electrons. The summed E-state index contributed by atoms with van der Waals surface area (Å²) in [6.07, 6.45) is 1.49.